The highest BCUT2D eigenvalue weighted by Crippen LogP contribution is 2.32. The van der Waals surface area contributed by atoms with Gasteiger partial charge in [-0.2, -0.15) is 0 Å². The molecule has 25 heavy (non-hydrogen) atoms. The summed E-state index contributed by atoms with van der Waals surface area (Å²) in [5.41, 5.74) is 5.63. The van der Waals surface area contributed by atoms with Crippen LogP contribution in [0.15, 0.2) is 22.7 Å². The van der Waals surface area contributed by atoms with Crippen LogP contribution < -0.4 is 5.32 Å². The molecule has 0 saturated heterocycles. The number of hydrogen-bond acceptors (Lipinski definition) is 5. The Morgan fingerprint density at radius 2 is 1.92 bits per heavy atom. The van der Waals surface area contributed by atoms with Gasteiger partial charge in [-0.25, -0.2) is 9.97 Å². The molecule has 2 heterocycles. The van der Waals surface area contributed by atoms with Gasteiger partial charge >= 0.3 is 0 Å². The molecule has 3 rings (SSSR count). The summed E-state index contributed by atoms with van der Waals surface area (Å²) in [5.74, 6) is 1.46. The lowest BCUT2D eigenvalue weighted by Gasteiger charge is -2.16. The molecule has 3 aromatic rings. The van der Waals surface area contributed by atoms with E-state index >= 15 is 0 Å². The molecule has 1 unspecified atom stereocenters. The lowest BCUT2D eigenvalue weighted by atomic mass is 10.0. The smallest absolute Gasteiger partial charge is 0.228 e. The van der Waals surface area contributed by atoms with E-state index in [1.807, 2.05) is 6.92 Å². The number of rotatable bonds is 6. The molecule has 2 aromatic heterocycles. The lowest BCUT2D eigenvalue weighted by molar-refractivity contribution is 0.458. The van der Waals surface area contributed by atoms with E-state index in [4.69, 9.17) is 4.52 Å². The molecule has 0 spiro atoms. The number of nitrogens with zero attached hydrogens (tertiary/aromatic N) is 3. The van der Waals surface area contributed by atoms with Gasteiger partial charge in [0.2, 0.25) is 5.58 Å². The number of aryl methyl sites for hydroxylation is 3. The molecule has 132 valence electrons. The maximum absolute atomic E-state index is 5.66. The molecule has 0 fully saturated rings. The summed E-state index contributed by atoms with van der Waals surface area (Å²) in [6, 6.07) is 6.69. The zero-order valence-electron chi connectivity index (χ0n) is 15.7. The first-order chi connectivity index (χ1) is 12.0. The number of benzene rings is 1. The highest BCUT2D eigenvalue weighted by Gasteiger charge is 2.20. The normalized spacial score (nSPS) is 12.5. The van der Waals surface area contributed by atoms with Crippen molar-refractivity contribution in [1.82, 2.24) is 15.1 Å². The van der Waals surface area contributed by atoms with E-state index in [2.05, 4.69) is 66.3 Å². The van der Waals surface area contributed by atoms with Gasteiger partial charge in [0.25, 0.3) is 0 Å². The van der Waals surface area contributed by atoms with Gasteiger partial charge in [-0.1, -0.05) is 49.2 Å². The average molecular weight is 338 g/mol. The van der Waals surface area contributed by atoms with Crippen LogP contribution in [0.4, 0.5) is 5.82 Å². The third-order valence-corrected chi connectivity index (χ3v) is 4.54. The quantitative estimate of drug-likeness (QED) is 0.669. The van der Waals surface area contributed by atoms with E-state index < -0.39 is 0 Å². The summed E-state index contributed by atoms with van der Waals surface area (Å²) in [6.45, 7) is 10.5. The van der Waals surface area contributed by atoms with Crippen molar-refractivity contribution in [3.05, 3.63) is 35.2 Å². The van der Waals surface area contributed by atoms with Gasteiger partial charge in [0.05, 0.1) is 0 Å². The van der Waals surface area contributed by atoms with Crippen molar-refractivity contribution in [2.24, 2.45) is 0 Å². The summed E-state index contributed by atoms with van der Waals surface area (Å²) in [5, 5.41) is 7.84. The summed E-state index contributed by atoms with van der Waals surface area (Å²) < 4.78 is 5.66. The van der Waals surface area contributed by atoms with Crippen LogP contribution in [0.5, 0.6) is 0 Å². The van der Waals surface area contributed by atoms with Crippen LogP contribution >= 0.6 is 0 Å². The second kappa shape index (κ2) is 7.21. The summed E-state index contributed by atoms with van der Waals surface area (Å²) >= 11 is 0. The largest absolute Gasteiger partial charge is 0.364 e. The Hall–Kier alpha value is -2.43. The highest BCUT2D eigenvalue weighted by molar-refractivity contribution is 5.94. The fourth-order valence-corrected chi connectivity index (χ4v) is 3.22. The van der Waals surface area contributed by atoms with Crippen molar-refractivity contribution in [1.29, 1.82) is 0 Å². The predicted octanol–water partition coefficient (Wildman–Crippen LogP) is 5.20. The van der Waals surface area contributed by atoms with E-state index in [1.165, 1.54) is 11.1 Å². The molecular formula is C20H26N4O. The first kappa shape index (κ1) is 17.4. The minimum atomic E-state index is 0.372. The topological polar surface area (TPSA) is 63.8 Å². The molecule has 5 nitrogen and oxygen atoms in total. The second-order valence-corrected chi connectivity index (χ2v) is 6.68. The minimum Gasteiger partial charge on any atom is -0.364 e. The molecule has 0 aliphatic carbocycles. The van der Waals surface area contributed by atoms with E-state index in [9.17, 15) is 0 Å². The Kier molecular flexibility index (Phi) is 5.02. The van der Waals surface area contributed by atoms with Crippen molar-refractivity contribution in [3.63, 3.8) is 0 Å². The summed E-state index contributed by atoms with van der Waals surface area (Å²) in [7, 11) is 0. The van der Waals surface area contributed by atoms with E-state index in [-0.39, 0.29) is 0 Å². The van der Waals surface area contributed by atoms with Gasteiger partial charge in [0.15, 0.2) is 5.82 Å². The lowest BCUT2D eigenvalue weighted by Crippen LogP contribution is -2.19. The monoisotopic (exact) mass is 338 g/mol. The molecule has 1 atom stereocenters. The maximum atomic E-state index is 5.66. The standard InChI is InChI=1S/C20H26N4O/c1-6-8-15(7-2)23-20-19-18(21-14(5)22-20)17(24-25-19)16-10-9-12(3)11-13(16)4/h9-11,15H,6-8H2,1-5H3,(H,21,22,23). The third kappa shape index (κ3) is 3.50. The molecule has 0 radical (unpaired) electrons. The Morgan fingerprint density at radius 1 is 1.12 bits per heavy atom. The van der Waals surface area contributed by atoms with Gasteiger partial charge in [-0.15, -0.1) is 0 Å². The van der Waals surface area contributed by atoms with Crippen LogP contribution in [0.25, 0.3) is 22.4 Å². The van der Waals surface area contributed by atoms with Crippen molar-refractivity contribution < 1.29 is 4.52 Å². The zero-order chi connectivity index (χ0) is 18.0. The SMILES string of the molecule is CCCC(CC)Nc1nc(C)nc2c(-c3ccc(C)cc3C)noc12. The molecule has 0 saturated carbocycles. The van der Waals surface area contributed by atoms with Crippen molar-refractivity contribution in [3.8, 4) is 11.3 Å². The van der Waals surface area contributed by atoms with Crippen LogP contribution in [0.2, 0.25) is 0 Å². The summed E-state index contributed by atoms with van der Waals surface area (Å²) in [6.07, 6.45) is 3.26. The number of hydrogen-bond donors (Lipinski definition) is 1. The van der Waals surface area contributed by atoms with E-state index in [0.29, 0.717) is 11.6 Å². The second-order valence-electron chi connectivity index (χ2n) is 6.68. The molecule has 0 aliphatic heterocycles. The Labute approximate surface area is 148 Å². The maximum Gasteiger partial charge on any atom is 0.228 e. The number of fused-ring (bicyclic) bond motifs is 1. The van der Waals surface area contributed by atoms with Crippen molar-refractivity contribution in [2.75, 3.05) is 5.32 Å². The Balaban J connectivity index is 2.09. The summed E-state index contributed by atoms with van der Waals surface area (Å²) in [4.78, 5) is 9.17. The first-order valence-electron chi connectivity index (χ1n) is 9.01. The molecule has 0 bridgehead atoms. The number of anilines is 1. The van der Waals surface area contributed by atoms with Gasteiger partial charge in [-0.05, 0) is 39.2 Å². The predicted molar refractivity (Wildman–Crippen MR) is 102 cm³/mol. The van der Waals surface area contributed by atoms with Crippen LogP contribution in [-0.4, -0.2) is 21.2 Å². The molecule has 0 aliphatic rings. The van der Waals surface area contributed by atoms with Gasteiger partial charge in [0, 0.05) is 11.6 Å². The van der Waals surface area contributed by atoms with E-state index in [0.717, 1.165) is 47.7 Å². The number of aromatic nitrogens is 3. The average Bonchev–Trinajstić information content (AvgIpc) is 2.98. The van der Waals surface area contributed by atoms with Gasteiger partial charge in [-0.3, -0.25) is 0 Å². The van der Waals surface area contributed by atoms with Crippen molar-refractivity contribution >= 4 is 16.9 Å². The van der Waals surface area contributed by atoms with Crippen LogP contribution in [0.3, 0.4) is 0 Å². The molecule has 5 heteroatoms. The fraction of sp³-hybridized carbons (Fsp3) is 0.450. The minimum absolute atomic E-state index is 0.372. The number of nitrogens with one attached hydrogen (secondary N) is 1. The first-order valence-corrected chi connectivity index (χ1v) is 9.01. The Bertz CT molecular complexity index is 885. The van der Waals surface area contributed by atoms with Crippen LogP contribution in [0, 0.1) is 20.8 Å². The van der Waals surface area contributed by atoms with Crippen molar-refractivity contribution in [2.45, 2.75) is 59.9 Å². The zero-order valence-corrected chi connectivity index (χ0v) is 15.7. The van der Waals surface area contributed by atoms with Gasteiger partial charge < -0.3 is 9.84 Å². The molecule has 1 N–H and O–H groups in total. The molecule has 0 amide bonds. The Morgan fingerprint density at radius 3 is 2.60 bits per heavy atom. The fourth-order valence-electron chi connectivity index (χ4n) is 3.22. The van der Waals surface area contributed by atoms with E-state index in [1.54, 1.807) is 0 Å². The highest BCUT2D eigenvalue weighted by atomic mass is 16.5. The molecule has 1 aromatic carbocycles. The molecular weight excluding hydrogens is 312 g/mol. The third-order valence-electron chi connectivity index (χ3n) is 4.54. The van der Waals surface area contributed by atoms with Gasteiger partial charge in [0.1, 0.15) is 17.0 Å². The van der Waals surface area contributed by atoms with Crippen LogP contribution in [0.1, 0.15) is 50.1 Å². The van der Waals surface area contributed by atoms with Crippen LogP contribution in [-0.2, 0) is 0 Å².